The zero-order chi connectivity index (χ0) is 12.8. The van der Waals surface area contributed by atoms with Crippen molar-refractivity contribution in [3.8, 4) is 0 Å². The van der Waals surface area contributed by atoms with Crippen molar-refractivity contribution in [2.45, 2.75) is 38.8 Å². The van der Waals surface area contributed by atoms with Gasteiger partial charge in [-0.25, -0.2) is 0 Å². The van der Waals surface area contributed by atoms with E-state index in [-0.39, 0.29) is 11.9 Å². The van der Waals surface area contributed by atoms with Gasteiger partial charge in [0.25, 0.3) is 0 Å². The fraction of sp³-hybridized carbons (Fsp3) is 0.583. The van der Waals surface area contributed by atoms with Gasteiger partial charge in [0.15, 0.2) is 0 Å². The molecule has 2 N–H and O–H groups in total. The molecule has 17 heavy (non-hydrogen) atoms. The van der Waals surface area contributed by atoms with Crippen molar-refractivity contribution >= 4 is 33.2 Å². The summed E-state index contributed by atoms with van der Waals surface area (Å²) in [6, 6.07) is 2.03. The summed E-state index contributed by atoms with van der Waals surface area (Å²) in [5, 5.41) is 2.02. The first kappa shape index (κ1) is 14.7. The predicted molar refractivity (Wildman–Crippen MR) is 76.0 cm³/mol. The Kier molecular flexibility index (Phi) is 6.16. The average Bonchev–Trinajstić information content (AvgIpc) is 2.64. The third kappa shape index (κ3) is 5.19. The Bertz CT molecular complexity index is 367. The number of amides is 1. The van der Waals surface area contributed by atoms with Crippen LogP contribution in [0.15, 0.2) is 15.9 Å². The second-order valence-corrected chi connectivity index (χ2v) is 6.15. The SMILES string of the molecule is CCCC(N)CC(=O)N(C)Cc1cc(Br)cs1. The normalized spacial score (nSPS) is 12.5. The highest BCUT2D eigenvalue weighted by Crippen LogP contribution is 2.21. The first-order chi connectivity index (χ1) is 8.02. The van der Waals surface area contributed by atoms with Gasteiger partial charge >= 0.3 is 0 Å². The zero-order valence-corrected chi connectivity index (χ0v) is 12.7. The molecule has 96 valence electrons. The van der Waals surface area contributed by atoms with Crippen LogP contribution < -0.4 is 5.73 Å². The van der Waals surface area contributed by atoms with Gasteiger partial charge in [0.05, 0.1) is 6.54 Å². The molecule has 1 aromatic rings. The predicted octanol–water partition coefficient (Wildman–Crippen LogP) is 2.99. The van der Waals surface area contributed by atoms with Gasteiger partial charge < -0.3 is 10.6 Å². The second-order valence-electron chi connectivity index (χ2n) is 4.23. The molecule has 5 heteroatoms. The number of carbonyl (C=O) groups excluding carboxylic acids is 1. The summed E-state index contributed by atoms with van der Waals surface area (Å²) in [5.41, 5.74) is 5.87. The molecule has 0 aliphatic carbocycles. The van der Waals surface area contributed by atoms with E-state index < -0.39 is 0 Å². The number of nitrogens with zero attached hydrogens (tertiary/aromatic N) is 1. The number of carbonyl (C=O) groups is 1. The summed E-state index contributed by atoms with van der Waals surface area (Å²) in [6.07, 6.45) is 2.37. The molecule has 0 aliphatic heterocycles. The van der Waals surface area contributed by atoms with Crippen LogP contribution in [0.5, 0.6) is 0 Å². The van der Waals surface area contributed by atoms with Crippen molar-refractivity contribution in [2.75, 3.05) is 7.05 Å². The van der Waals surface area contributed by atoms with Crippen molar-refractivity contribution in [1.29, 1.82) is 0 Å². The van der Waals surface area contributed by atoms with E-state index in [0.717, 1.165) is 17.3 Å². The van der Waals surface area contributed by atoms with Crippen LogP contribution in [-0.4, -0.2) is 23.9 Å². The number of rotatable bonds is 6. The Morgan fingerprint density at radius 3 is 2.88 bits per heavy atom. The third-order valence-corrected chi connectivity index (χ3v) is 4.22. The summed E-state index contributed by atoms with van der Waals surface area (Å²) in [4.78, 5) is 14.8. The molecule has 0 spiro atoms. The summed E-state index contributed by atoms with van der Waals surface area (Å²) < 4.78 is 1.07. The molecule has 1 rings (SSSR count). The van der Waals surface area contributed by atoms with E-state index in [9.17, 15) is 4.79 Å². The van der Waals surface area contributed by atoms with Crippen molar-refractivity contribution in [1.82, 2.24) is 4.90 Å². The summed E-state index contributed by atoms with van der Waals surface area (Å²) in [5.74, 6) is 0.121. The van der Waals surface area contributed by atoms with Crippen molar-refractivity contribution in [3.05, 3.63) is 20.8 Å². The third-order valence-electron chi connectivity index (χ3n) is 2.54. The van der Waals surface area contributed by atoms with Gasteiger partial charge in [-0.1, -0.05) is 13.3 Å². The van der Waals surface area contributed by atoms with Gasteiger partial charge in [0, 0.05) is 34.2 Å². The monoisotopic (exact) mass is 318 g/mol. The quantitative estimate of drug-likeness (QED) is 0.876. The van der Waals surface area contributed by atoms with Crippen LogP contribution in [-0.2, 0) is 11.3 Å². The van der Waals surface area contributed by atoms with Crippen LogP contribution in [0.25, 0.3) is 0 Å². The first-order valence-electron chi connectivity index (χ1n) is 5.75. The highest BCUT2D eigenvalue weighted by Gasteiger charge is 2.14. The Hall–Kier alpha value is -0.390. The van der Waals surface area contributed by atoms with E-state index in [4.69, 9.17) is 5.73 Å². The van der Waals surface area contributed by atoms with E-state index in [1.165, 1.54) is 4.88 Å². The standard InChI is InChI=1S/C12H19BrN2OS/c1-3-4-10(14)6-12(16)15(2)7-11-5-9(13)8-17-11/h5,8,10H,3-4,6-7,14H2,1-2H3. The molecular formula is C12H19BrN2OS. The maximum absolute atomic E-state index is 11.9. The molecule has 0 saturated carbocycles. The maximum Gasteiger partial charge on any atom is 0.224 e. The fourth-order valence-electron chi connectivity index (χ4n) is 1.61. The Balaban J connectivity index is 2.41. The maximum atomic E-state index is 11.9. The molecule has 0 saturated heterocycles. The lowest BCUT2D eigenvalue weighted by atomic mass is 10.1. The molecule has 1 unspecified atom stereocenters. The molecular weight excluding hydrogens is 300 g/mol. The van der Waals surface area contributed by atoms with Crippen LogP contribution in [0.1, 0.15) is 31.1 Å². The highest BCUT2D eigenvalue weighted by atomic mass is 79.9. The van der Waals surface area contributed by atoms with Crippen molar-refractivity contribution in [3.63, 3.8) is 0 Å². The zero-order valence-electron chi connectivity index (χ0n) is 10.3. The Labute approximate surface area is 115 Å². The average molecular weight is 319 g/mol. The van der Waals surface area contributed by atoms with Gasteiger partial charge in [-0.15, -0.1) is 11.3 Å². The molecule has 0 radical (unpaired) electrons. The fourth-order valence-corrected chi connectivity index (χ4v) is 3.12. The minimum absolute atomic E-state index is 0.00924. The lowest BCUT2D eigenvalue weighted by Crippen LogP contribution is -2.32. The van der Waals surface area contributed by atoms with Crippen molar-refractivity contribution in [2.24, 2.45) is 5.73 Å². The number of halogens is 1. The van der Waals surface area contributed by atoms with Crippen LogP contribution >= 0.6 is 27.3 Å². The summed E-state index contributed by atoms with van der Waals surface area (Å²) in [6.45, 7) is 2.74. The van der Waals surface area contributed by atoms with E-state index in [1.807, 2.05) is 18.5 Å². The minimum atomic E-state index is -0.00924. The molecule has 1 amide bonds. The minimum Gasteiger partial charge on any atom is -0.341 e. The largest absolute Gasteiger partial charge is 0.341 e. The topological polar surface area (TPSA) is 46.3 Å². The first-order valence-corrected chi connectivity index (χ1v) is 7.42. The van der Waals surface area contributed by atoms with Crippen molar-refractivity contribution < 1.29 is 4.79 Å². The number of hydrogen-bond donors (Lipinski definition) is 1. The molecule has 0 aromatic carbocycles. The molecule has 0 bridgehead atoms. The molecule has 0 aliphatic rings. The molecule has 1 heterocycles. The Morgan fingerprint density at radius 1 is 1.65 bits per heavy atom. The van der Waals surface area contributed by atoms with Gasteiger partial charge in [-0.2, -0.15) is 0 Å². The summed E-state index contributed by atoms with van der Waals surface area (Å²) in [7, 11) is 1.83. The second kappa shape index (κ2) is 7.13. The van der Waals surface area contributed by atoms with Crippen LogP contribution in [0.3, 0.4) is 0 Å². The number of hydrogen-bond acceptors (Lipinski definition) is 3. The lowest BCUT2D eigenvalue weighted by Gasteiger charge is -2.18. The smallest absolute Gasteiger partial charge is 0.224 e. The van der Waals surface area contributed by atoms with E-state index in [2.05, 4.69) is 22.9 Å². The molecule has 1 aromatic heterocycles. The van der Waals surface area contributed by atoms with E-state index in [0.29, 0.717) is 13.0 Å². The highest BCUT2D eigenvalue weighted by molar-refractivity contribution is 9.10. The molecule has 3 nitrogen and oxygen atoms in total. The molecule has 1 atom stereocenters. The number of nitrogens with two attached hydrogens (primary N) is 1. The van der Waals surface area contributed by atoms with E-state index >= 15 is 0 Å². The lowest BCUT2D eigenvalue weighted by molar-refractivity contribution is -0.130. The van der Waals surface area contributed by atoms with E-state index in [1.54, 1.807) is 16.2 Å². The number of thiophene rings is 1. The van der Waals surface area contributed by atoms with Gasteiger partial charge in [-0.05, 0) is 28.4 Å². The van der Waals surface area contributed by atoms with Gasteiger partial charge in [0.2, 0.25) is 5.91 Å². The van der Waals surface area contributed by atoms with Crippen LogP contribution in [0.2, 0.25) is 0 Å². The Morgan fingerprint density at radius 2 is 2.35 bits per heavy atom. The van der Waals surface area contributed by atoms with Crippen LogP contribution in [0.4, 0.5) is 0 Å². The summed E-state index contributed by atoms with van der Waals surface area (Å²) >= 11 is 5.06. The molecule has 0 fully saturated rings. The van der Waals surface area contributed by atoms with Gasteiger partial charge in [0.1, 0.15) is 0 Å². The van der Waals surface area contributed by atoms with Gasteiger partial charge in [-0.3, -0.25) is 4.79 Å². The van der Waals surface area contributed by atoms with Crippen LogP contribution in [0, 0.1) is 0 Å².